The topological polar surface area (TPSA) is 119 Å². The first kappa shape index (κ1) is 38.3. The number of benzene rings is 4. The minimum absolute atomic E-state index is 0.322. The summed E-state index contributed by atoms with van der Waals surface area (Å²) >= 11 is 0. The first-order valence-electron chi connectivity index (χ1n) is 17.5. The molecule has 0 radical (unpaired) electrons. The van der Waals surface area contributed by atoms with Gasteiger partial charge in [-0.1, -0.05) is 72.8 Å². The first-order valence-corrected chi connectivity index (χ1v) is 17.5. The van der Waals surface area contributed by atoms with E-state index in [2.05, 4.69) is 64.6 Å². The van der Waals surface area contributed by atoms with Crippen molar-refractivity contribution in [2.45, 2.75) is 33.6 Å². The van der Waals surface area contributed by atoms with Gasteiger partial charge in [-0.3, -0.25) is 9.80 Å². The van der Waals surface area contributed by atoms with Crippen LogP contribution in [-0.2, 0) is 18.9 Å². The van der Waals surface area contributed by atoms with E-state index in [-0.39, 0.29) is 6.35 Å². The number of nitrogens with zero attached hydrogens (tertiary/aromatic N) is 6. The Labute approximate surface area is 311 Å². The summed E-state index contributed by atoms with van der Waals surface area (Å²) in [6.07, 6.45) is 6.44. The fraction of sp³-hybridized carbons (Fsp3) is 0.220. The molecule has 6 aromatic rings. The van der Waals surface area contributed by atoms with Crippen LogP contribution in [0.2, 0.25) is 0 Å². The second kappa shape index (κ2) is 20.8. The third-order valence-electron chi connectivity index (χ3n) is 7.51. The highest BCUT2D eigenvalue weighted by Crippen LogP contribution is 2.45. The maximum Gasteiger partial charge on any atom is 0.271 e. The molecule has 12 heteroatoms. The van der Waals surface area contributed by atoms with Gasteiger partial charge >= 0.3 is 0 Å². The standard InChI is InChI=1S/C19H18N4O.C16H14N4.C6H14O3/c1-2-24-19-22(15-9-5-3-6-10-15)17-18(21-14-13-20-17)23(19)16-11-7-4-8-12-16;1-3-7-13(8-4-1)19-15-16(18-12-11-17-15)20-14-9-5-2-6-10-14;1-4-8-6(7-3)9-5-2/h3-14,19H,2H2,1H3;1-12H,(H,17,19)(H,18,20);6H,4-5H2,1-3H3. The predicted molar refractivity (Wildman–Crippen MR) is 210 cm³/mol. The van der Waals surface area contributed by atoms with Crippen LogP contribution in [0.15, 0.2) is 146 Å². The van der Waals surface area contributed by atoms with E-state index in [1.807, 2.05) is 118 Å². The second-order valence-electron chi connectivity index (χ2n) is 11.1. The van der Waals surface area contributed by atoms with Crippen molar-refractivity contribution in [2.75, 3.05) is 47.4 Å². The fourth-order valence-electron chi connectivity index (χ4n) is 5.26. The number of hydrogen-bond acceptors (Lipinski definition) is 12. The zero-order valence-electron chi connectivity index (χ0n) is 30.4. The van der Waals surface area contributed by atoms with Crippen molar-refractivity contribution < 1.29 is 18.9 Å². The maximum atomic E-state index is 6.09. The Balaban J connectivity index is 0.000000169. The number of hydrogen-bond donors (Lipinski definition) is 2. The molecule has 1 aliphatic rings. The van der Waals surface area contributed by atoms with Crippen LogP contribution >= 0.6 is 0 Å². The average Bonchev–Trinajstić information content (AvgIpc) is 3.54. The van der Waals surface area contributed by atoms with E-state index >= 15 is 0 Å². The molecule has 2 aromatic heterocycles. The van der Waals surface area contributed by atoms with E-state index in [0.717, 1.165) is 34.4 Å². The molecule has 4 aromatic carbocycles. The molecule has 1 aliphatic heterocycles. The van der Waals surface area contributed by atoms with Crippen LogP contribution in [0.3, 0.4) is 0 Å². The van der Waals surface area contributed by atoms with Gasteiger partial charge in [0.15, 0.2) is 23.3 Å². The van der Waals surface area contributed by atoms with Crippen LogP contribution in [0.4, 0.5) is 46.0 Å². The summed E-state index contributed by atoms with van der Waals surface area (Å²) in [7, 11) is 1.55. The zero-order valence-corrected chi connectivity index (χ0v) is 30.4. The molecule has 0 aliphatic carbocycles. The number of para-hydroxylation sites is 4. The van der Waals surface area contributed by atoms with Gasteiger partial charge in [0.05, 0.1) is 0 Å². The highest BCUT2D eigenvalue weighted by atomic mass is 16.8. The number of aromatic nitrogens is 4. The van der Waals surface area contributed by atoms with E-state index < -0.39 is 6.48 Å². The van der Waals surface area contributed by atoms with Gasteiger partial charge in [-0.15, -0.1) is 0 Å². The summed E-state index contributed by atoms with van der Waals surface area (Å²) in [6, 6.07) is 40.1. The van der Waals surface area contributed by atoms with Gasteiger partial charge in [-0.05, 0) is 69.3 Å². The van der Waals surface area contributed by atoms with Gasteiger partial charge in [0.2, 0.25) is 6.35 Å². The van der Waals surface area contributed by atoms with Crippen LogP contribution in [0.25, 0.3) is 0 Å². The molecule has 0 atom stereocenters. The normalized spacial score (nSPS) is 11.9. The summed E-state index contributed by atoms with van der Waals surface area (Å²) in [5.41, 5.74) is 4.00. The number of methoxy groups -OCH3 is 1. The molecule has 53 heavy (non-hydrogen) atoms. The molecule has 0 saturated carbocycles. The zero-order chi connectivity index (χ0) is 37.1. The van der Waals surface area contributed by atoms with Gasteiger partial charge in [-0.25, -0.2) is 19.9 Å². The van der Waals surface area contributed by atoms with Crippen LogP contribution in [0.5, 0.6) is 0 Å². The van der Waals surface area contributed by atoms with E-state index in [4.69, 9.17) is 18.9 Å². The molecule has 274 valence electrons. The lowest BCUT2D eigenvalue weighted by Crippen LogP contribution is -2.40. The van der Waals surface area contributed by atoms with E-state index in [1.54, 1.807) is 31.9 Å². The summed E-state index contributed by atoms with van der Waals surface area (Å²) < 4.78 is 20.9. The number of fused-ring (bicyclic) bond motifs is 1. The average molecular weight is 715 g/mol. The molecule has 0 bridgehead atoms. The lowest BCUT2D eigenvalue weighted by molar-refractivity contribution is -0.273. The Bertz CT molecular complexity index is 1760. The van der Waals surface area contributed by atoms with Gasteiger partial charge in [-0.2, -0.15) is 0 Å². The van der Waals surface area contributed by atoms with Gasteiger partial charge in [0.1, 0.15) is 0 Å². The van der Waals surface area contributed by atoms with Crippen molar-refractivity contribution in [3.63, 3.8) is 0 Å². The molecule has 12 nitrogen and oxygen atoms in total. The van der Waals surface area contributed by atoms with E-state index in [1.165, 1.54) is 0 Å². The highest BCUT2D eigenvalue weighted by molar-refractivity contribution is 5.82. The monoisotopic (exact) mass is 714 g/mol. The van der Waals surface area contributed by atoms with Crippen molar-refractivity contribution in [3.05, 3.63) is 146 Å². The van der Waals surface area contributed by atoms with Gasteiger partial charge in [0, 0.05) is 74.5 Å². The summed E-state index contributed by atoms with van der Waals surface area (Å²) in [6.45, 7) is 7.11. The Morgan fingerprint density at radius 1 is 0.528 bits per heavy atom. The summed E-state index contributed by atoms with van der Waals surface area (Å²) in [4.78, 5) is 22.0. The number of nitrogens with one attached hydrogen (secondary N) is 2. The minimum atomic E-state index is -0.486. The number of rotatable bonds is 13. The summed E-state index contributed by atoms with van der Waals surface area (Å²) in [5.74, 6) is 2.99. The molecule has 0 amide bonds. The SMILES string of the molecule is CCOC(OC)OCC.CCOC1N(c2ccccc2)c2nccnc2N1c1ccccc1.c1ccc(Nc2nccnc2Nc2ccccc2)cc1. The fourth-order valence-corrected chi connectivity index (χ4v) is 5.26. The van der Waals surface area contributed by atoms with Crippen LogP contribution in [-0.4, -0.2) is 59.7 Å². The molecule has 0 fully saturated rings. The van der Waals surface area contributed by atoms with E-state index in [0.29, 0.717) is 31.5 Å². The smallest absolute Gasteiger partial charge is 0.271 e. The van der Waals surface area contributed by atoms with Crippen molar-refractivity contribution in [3.8, 4) is 0 Å². The minimum Gasteiger partial charge on any atom is -0.340 e. The highest BCUT2D eigenvalue weighted by Gasteiger charge is 2.40. The quantitative estimate of drug-likeness (QED) is 0.111. The Kier molecular flexibility index (Phi) is 15.0. The Hall–Kier alpha value is -5.92. The first-order chi connectivity index (χ1) is 26.2. The van der Waals surface area contributed by atoms with Crippen LogP contribution in [0.1, 0.15) is 20.8 Å². The van der Waals surface area contributed by atoms with Crippen molar-refractivity contribution in [1.29, 1.82) is 0 Å². The third-order valence-corrected chi connectivity index (χ3v) is 7.51. The second-order valence-corrected chi connectivity index (χ2v) is 11.1. The predicted octanol–water partition coefficient (Wildman–Crippen LogP) is 9.04. The molecule has 0 saturated heterocycles. The molecule has 0 spiro atoms. The van der Waals surface area contributed by atoms with Crippen molar-refractivity contribution >= 4 is 46.0 Å². The van der Waals surface area contributed by atoms with Crippen LogP contribution in [0, 0.1) is 0 Å². The number of anilines is 8. The van der Waals surface area contributed by atoms with Gasteiger partial charge in [0.25, 0.3) is 6.48 Å². The Morgan fingerprint density at radius 3 is 1.26 bits per heavy atom. The molecule has 3 heterocycles. The Morgan fingerprint density at radius 2 is 0.906 bits per heavy atom. The van der Waals surface area contributed by atoms with Crippen molar-refractivity contribution in [1.82, 2.24) is 19.9 Å². The largest absolute Gasteiger partial charge is 0.340 e. The lowest BCUT2D eigenvalue weighted by Gasteiger charge is -2.31. The summed E-state index contributed by atoms with van der Waals surface area (Å²) in [5, 5.41) is 6.51. The maximum absolute atomic E-state index is 6.09. The van der Waals surface area contributed by atoms with Gasteiger partial charge < -0.3 is 29.6 Å². The molecule has 0 unspecified atom stereocenters. The molecule has 7 rings (SSSR count). The number of ether oxygens (including phenoxy) is 4. The molecular weight excluding hydrogens is 669 g/mol. The molecular formula is C41H46N8O4. The molecule has 2 N–H and O–H groups in total. The van der Waals surface area contributed by atoms with E-state index in [9.17, 15) is 0 Å². The van der Waals surface area contributed by atoms with Crippen LogP contribution < -0.4 is 20.4 Å². The lowest BCUT2D eigenvalue weighted by atomic mass is 10.3. The third kappa shape index (κ3) is 10.8. The van der Waals surface area contributed by atoms with Crippen molar-refractivity contribution in [2.24, 2.45) is 0 Å².